The number of anilines is 1. The highest BCUT2D eigenvalue weighted by molar-refractivity contribution is 7.91. The van der Waals surface area contributed by atoms with Gasteiger partial charge in [0, 0.05) is 9.90 Å². The van der Waals surface area contributed by atoms with E-state index in [0.29, 0.717) is 10.7 Å². The van der Waals surface area contributed by atoms with Crippen molar-refractivity contribution in [2.24, 2.45) is 0 Å². The SMILES string of the molecule is Cc1ccc(S(=O)(=O)NCC(=O)Nc2ccc(Cl)cc2Cl)s1. The van der Waals surface area contributed by atoms with Crippen LogP contribution < -0.4 is 10.0 Å². The number of aryl methyl sites for hydroxylation is 1. The molecule has 0 saturated heterocycles. The Kier molecular flexibility index (Phi) is 5.46. The van der Waals surface area contributed by atoms with Crippen LogP contribution in [0, 0.1) is 6.92 Å². The Morgan fingerprint density at radius 3 is 2.55 bits per heavy atom. The summed E-state index contributed by atoms with van der Waals surface area (Å²) < 4.78 is 26.4. The van der Waals surface area contributed by atoms with Crippen molar-refractivity contribution in [1.29, 1.82) is 0 Å². The molecule has 22 heavy (non-hydrogen) atoms. The van der Waals surface area contributed by atoms with E-state index in [2.05, 4.69) is 10.0 Å². The topological polar surface area (TPSA) is 75.3 Å². The number of rotatable bonds is 5. The van der Waals surface area contributed by atoms with E-state index in [1.165, 1.54) is 12.1 Å². The Bertz CT molecular complexity index is 803. The molecule has 0 atom stereocenters. The number of hydrogen-bond donors (Lipinski definition) is 2. The predicted molar refractivity (Wildman–Crippen MR) is 89.3 cm³/mol. The van der Waals surface area contributed by atoms with Crippen molar-refractivity contribution in [3.05, 3.63) is 45.3 Å². The Morgan fingerprint density at radius 1 is 1.23 bits per heavy atom. The summed E-state index contributed by atoms with van der Waals surface area (Å²) >= 11 is 12.8. The zero-order chi connectivity index (χ0) is 16.3. The lowest BCUT2D eigenvalue weighted by atomic mass is 10.3. The Labute approximate surface area is 142 Å². The first-order valence-electron chi connectivity index (χ1n) is 6.09. The minimum absolute atomic E-state index is 0.169. The minimum atomic E-state index is -3.69. The fourth-order valence-electron chi connectivity index (χ4n) is 1.57. The highest BCUT2D eigenvalue weighted by Crippen LogP contribution is 2.25. The molecule has 0 saturated carbocycles. The fraction of sp³-hybridized carbons (Fsp3) is 0.154. The number of nitrogens with one attached hydrogen (secondary N) is 2. The van der Waals surface area contributed by atoms with E-state index in [9.17, 15) is 13.2 Å². The van der Waals surface area contributed by atoms with Crippen LogP contribution >= 0.6 is 34.5 Å². The molecule has 0 radical (unpaired) electrons. The van der Waals surface area contributed by atoms with Gasteiger partial charge in [-0.3, -0.25) is 4.79 Å². The van der Waals surface area contributed by atoms with E-state index < -0.39 is 22.5 Å². The molecule has 1 aromatic heterocycles. The van der Waals surface area contributed by atoms with Gasteiger partial charge in [0.1, 0.15) is 4.21 Å². The third kappa shape index (κ3) is 4.44. The second-order valence-electron chi connectivity index (χ2n) is 4.36. The molecule has 1 aromatic carbocycles. The van der Waals surface area contributed by atoms with E-state index in [0.717, 1.165) is 16.2 Å². The molecular weight excluding hydrogens is 367 g/mol. The third-order valence-electron chi connectivity index (χ3n) is 2.61. The average Bonchev–Trinajstić information content (AvgIpc) is 2.87. The van der Waals surface area contributed by atoms with E-state index in [1.54, 1.807) is 25.1 Å². The molecule has 2 aromatic rings. The van der Waals surface area contributed by atoms with Crippen LogP contribution in [0.1, 0.15) is 4.88 Å². The molecule has 0 fully saturated rings. The molecule has 118 valence electrons. The van der Waals surface area contributed by atoms with Crippen LogP contribution in [0.3, 0.4) is 0 Å². The number of hydrogen-bond acceptors (Lipinski definition) is 4. The largest absolute Gasteiger partial charge is 0.324 e. The van der Waals surface area contributed by atoms with Gasteiger partial charge in [-0.15, -0.1) is 11.3 Å². The van der Waals surface area contributed by atoms with Crippen molar-refractivity contribution in [2.45, 2.75) is 11.1 Å². The smallest absolute Gasteiger partial charge is 0.250 e. The van der Waals surface area contributed by atoms with Gasteiger partial charge in [0.15, 0.2) is 0 Å². The molecule has 1 amide bonds. The highest BCUT2D eigenvalue weighted by atomic mass is 35.5. The number of benzene rings is 1. The fourth-order valence-corrected chi connectivity index (χ4v) is 4.34. The number of thiophene rings is 1. The van der Waals surface area contributed by atoms with Crippen molar-refractivity contribution in [3.63, 3.8) is 0 Å². The number of carbonyl (C=O) groups is 1. The van der Waals surface area contributed by atoms with E-state index in [4.69, 9.17) is 23.2 Å². The highest BCUT2D eigenvalue weighted by Gasteiger charge is 2.17. The number of sulfonamides is 1. The van der Waals surface area contributed by atoms with Gasteiger partial charge in [0.25, 0.3) is 10.0 Å². The first-order chi connectivity index (χ1) is 10.3. The van der Waals surface area contributed by atoms with Gasteiger partial charge >= 0.3 is 0 Å². The zero-order valence-corrected chi connectivity index (χ0v) is 14.5. The standard InChI is InChI=1S/C13H12Cl2N2O3S2/c1-8-2-5-13(21-8)22(19,20)16-7-12(18)17-11-4-3-9(14)6-10(11)15/h2-6,16H,7H2,1H3,(H,17,18). The molecule has 2 rings (SSSR count). The predicted octanol–water partition coefficient (Wildman–Crippen LogP) is 3.28. The summed E-state index contributed by atoms with van der Waals surface area (Å²) in [6.45, 7) is 1.41. The van der Waals surface area contributed by atoms with Gasteiger partial charge in [0.2, 0.25) is 5.91 Å². The van der Waals surface area contributed by atoms with E-state index in [-0.39, 0.29) is 9.23 Å². The van der Waals surface area contributed by atoms with E-state index >= 15 is 0 Å². The molecule has 0 aliphatic heterocycles. The summed E-state index contributed by atoms with van der Waals surface area (Å²) in [5, 5.41) is 3.23. The molecule has 0 spiro atoms. The number of carbonyl (C=O) groups excluding carboxylic acids is 1. The first kappa shape index (κ1) is 17.2. The van der Waals surface area contributed by atoms with Gasteiger partial charge in [-0.2, -0.15) is 0 Å². The summed E-state index contributed by atoms with van der Waals surface area (Å²) in [6, 6.07) is 7.79. The monoisotopic (exact) mass is 378 g/mol. The third-order valence-corrected chi connectivity index (χ3v) is 6.05. The second kappa shape index (κ2) is 6.97. The normalized spacial score (nSPS) is 11.4. The lowest BCUT2D eigenvalue weighted by Crippen LogP contribution is -2.32. The molecule has 5 nitrogen and oxygen atoms in total. The number of amides is 1. The minimum Gasteiger partial charge on any atom is -0.324 e. The van der Waals surface area contributed by atoms with Crippen LogP contribution in [-0.2, 0) is 14.8 Å². The van der Waals surface area contributed by atoms with Gasteiger partial charge in [0.05, 0.1) is 17.3 Å². The van der Waals surface area contributed by atoms with Crippen molar-refractivity contribution >= 4 is 56.2 Å². The van der Waals surface area contributed by atoms with Gasteiger partial charge < -0.3 is 5.32 Å². The van der Waals surface area contributed by atoms with Crippen LogP contribution in [0.4, 0.5) is 5.69 Å². The van der Waals surface area contributed by atoms with Crippen LogP contribution in [0.15, 0.2) is 34.5 Å². The van der Waals surface area contributed by atoms with Crippen molar-refractivity contribution in [1.82, 2.24) is 4.72 Å². The summed E-state index contributed by atoms with van der Waals surface area (Å²) in [6.07, 6.45) is 0. The van der Waals surface area contributed by atoms with Crippen molar-refractivity contribution in [3.8, 4) is 0 Å². The summed E-state index contributed by atoms with van der Waals surface area (Å²) in [5.41, 5.74) is 0.363. The van der Waals surface area contributed by atoms with Crippen molar-refractivity contribution in [2.75, 3.05) is 11.9 Å². The second-order valence-corrected chi connectivity index (χ2v) is 8.49. The zero-order valence-electron chi connectivity index (χ0n) is 11.4. The summed E-state index contributed by atoms with van der Waals surface area (Å²) in [7, 11) is -3.69. The molecule has 9 heteroatoms. The quantitative estimate of drug-likeness (QED) is 0.837. The van der Waals surface area contributed by atoms with Crippen LogP contribution in [-0.4, -0.2) is 20.9 Å². The number of halogens is 2. The lowest BCUT2D eigenvalue weighted by Gasteiger charge is -2.08. The maximum absolute atomic E-state index is 12.0. The lowest BCUT2D eigenvalue weighted by molar-refractivity contribution is -0.115. The van der Waals surface area contributed by atoms with Gasteiger partial charge in [-0.25, -0.2) is 13.1 Å². The Balaban J connectivity index is 1.98. The molecular formula is C13H12Cl2N2O3S2. The maximum Gasteiger partial charge on any atom is 0.250 e. The van der Waals surface area contributed by atoms with Crippen LogP contribution in [0.25, 0.3) is 0 Å². The first-order valence-corrected chi connectivity index (χ1v) is 9.14. The van der Waals surface area contributed by atoms with E-state index in [1.807, 2.05) is 0 Å². The maximum atomic E-state index is 12.0. The summed E-state index contributed by atoms with van der Waals surface area (Å²) in [5.74, 6) is -0.527. The molecule has 0 bridgehead atoms. The average molecular weight is 379 g/mol. The summed E-state index contributed by atoms with van der Waals surface area (Å²) in [4.78, 5) is 12.7. The Hall–Kier alpha value is -1.12. The van der Waals surface area contributed by atoms with Crippen LogP contribution in [0.5, 0.6) is 0 Å². The molecule has 1 heterocycles. The molecule has 0 aliphatic rings. The van der Waals surface area contributed by atoms with Gasteiger partial charge in [-0.1, -0.05) is 23.2 Å². The van der Waals surface area contributed by atoms with Gasteiger partial charge in [-0.05, 0) is 37.3 Å². The van der Waals surface area contributed by atoms with Crippen molar-refractivity contribution < 1.29 is 13.2 Å². The molecule has 0 aliphatic carbocycles. The molecule has 2 N–H and O–H groups in total. The van der Waals surface area contributed by atoms with Crippen LogP contribution in [0.2, 0.25) is 10.0 Å². The Morgan fingerprint density at radius 2 is 1.95 bits per heavy atom. The molecule has 0 unspecified atom stereocenters.